The average molecular weight is 592 g/mol. The van der Waals surface area contributed by atoms with Crippen molar-refractivity contribution in [3.63, 3.8) is 0 Å². The van der Waals surface area contributed by atoms with Crippen molar-refractivity contribution < 1.29 is 26.2 Å². The molecule has 0 amide bonds. The lowest BCUT2D eigenvalue weighted by molar-refractivity contribution is -0.433. The van der Waals surface area contributed by atoms with E-state index >= 15 is 0 Å². The van der Waals surface area contributed by atoms with Crippen LogP contribution in [0.25, 0.3) is 0 Å². The molecule has 4 rings (SSSR count). The number of anilines is 1. The Morgan fingerprint density at radius 1 is 1.02 bits per heavy atom. The van der Waals surface area contributed by atoms with Crippen LogP contribution in [0.5, 0.6) is 0 Å². The van der Waals surface area contributed by atoms with Gasteiger partial charge in [-0.1, -0.05) is 37.1 Å². The molecule has 4 nitrogen and oxygen atoms in total. The van der Waals surface area contributed by atoms with Crippen molar-refractivity contribution in [1.82, 2.24) is 0 Å². The number of nitrogens with zero attached hydrogens (tertiary/aromatic N) is 2. The molecule has 2 aromatic carbocycles. The van der Waals surface area contributed by atoms with Crippen LogP contribution in [-0.2, 0) is 20.7 Å². The highest BCUT2D eigenvalue weighted by atomic mass is 35.5. The number of likely N-dealkylation sites (N-methyl/N-ethyl adjacent to an activating group) is 1. The summed E-state index contributed by atoms with van der Waals surface area (Å²) in [4.78, 5) is 1.21. The van der Waals surface area contributed by atoms with E-state index in [-0.39, 0.29) is 5.41 Å². The number of rotatable bonds is 6. The molecule has 0 bridgehead atoms. The lowest BCUT2D eigenvalue weighted by atomic mass is 9.81. The van der Waals surface area contributed by atoms with Crippen molar-refractivity contribution in [3.05, 3.63) is 88.1 Å². The summed E-state index contributed by atoms with van der Waals surface area (Å²) in [6.45, 7) is 15.6. The van der Waals surface area contributed by atoms with Crippen molar-refractivity contribution in [1.29, 1.82) is 0 Å². The molecule has 0 spiro atoms. The first-order valence-electron chi connectivity index (χ1n) is 13.2. The Hall–Kier alpha value is -2.84. The highest BCUT2D eigenvalue weighted by molar-refractivity contribution is 7.92. The molecular weight excluding hydrogens is 557 g/mol. The molecule has 0 atom stereocenters. The Morgan fingerprint density at radius 2 is 1.70 bits per heavy atom. The molecule has 2 aromatic rings. The van der Waals surface area contributed by atoms with Crippen LogP contribution in [0.1, 0.15) is 58.2 Å². The second-order valence-corrected chi connectivity index (χ2v) is 13.6. The minimum Gasteiger partial charge on any atom is -0.344 e. The molecule has 0 fully saturated rings. The van der Waals surface area contributed by atoms with Gasteiger partial charge in [0.25, 0.3) is 9.84 Å². The van der Waals surface area contributed by atoms with E-state index in [1.807, 2.05) is 43.9 Å². The SMILES string of the molecule is CCN1C(=CC=C(Cl)C=CC2=[N+](CC)c3ccc(C)cc3C2(C)C)C(C)(C)c2cc(S(=O)(=O)C(F)(F)F)ccc21. The summed E-state index contributed by atoms with van der Waals surface area (Å²) >= 11 is 6.66. The second-order valence-electron chi connectivity index (χ2n) is 11.2. The van der Waals surface area contributed by atoms with E-state index in [9.17, 15) is 21.6 Å². The fourth-order valence-electron chi connectivity index (χ4n) is 5.80. The molecule has 0 saturated carbocycles. The number of benzene rings is 2. The van der Waals surface area contributed by atoms with E-state index in [1.54, 1.807) is 6.08 Å². The molecule has 214 valence electrons. The molecule has 2 aliphatic rings. The number of halogens is 4. The third-order valence-corrected chi connectivity index (χ3v) is 9.69. The maximum absolute atomic E-state index is 13.2. The predicted octanol–water partition coefficient (Wildman–Crippen LogP) is 8.07. The Bertz CT molecular complexity index is 1600. The fourth-order valence-corrected chi connectivity index (χ4v) is 6.71. The second kappa shape index (κ2) is 10.2. The molecule has 0 radical (unpaired) electrons. The van der Waals surface area contributed by atoms with Gasteiger partial charge in [0.15, 0.2) is 5.71 Å². The summed E-state index contributed by atoms with van der Waals surface area (Å²) in [5.74, 6) is 0. The summed E-state index contributed by atoms with van der Waals surface area (Å²) in [5.41, 5.74) is 0.490. The van der Waals surface area contributed by atoms with E-state index in [1.165, 1.54) is 22.9 Å². The maximum Gasteiger partial charge on any atom is 0.501 e. The van der Waals surface area contributed by atoms with Gasteiger partial charge in [0.1, 0.15) is 6.54 Å². The summed E-state index contributed by atoms with van der Waals surface area (Å²) < 4.78 is 66.1. The van der Waals surface area contributed by atoms with Crippen molar-refractivity contribution in [2.24, 2.45) is 0 Å². The zero-order valence-electron chi connectivity index (χ0n) is 23.8. The highest BCUT2D eigenvalue weighted by Gasteiger charge is 2.48. The van der Waals surface area contributed by atoms with Crippen LogP contribution in [0.3, 0.4) is 0 Å². The standard InChI is InChI=1S/C31H35ClF3N2O2S/c1-8-36-25-14-10-20(3)18-23(25)29(4,5)27(36)16-11-21(32)12-17-28-30(6,7)24-19-22(40(38,39)31(33,34)35)13-15-26(24)37(28)9-2/h10-19H,8-9H2,1-7H3/q+1. The van der Waals surface area contributed by atoms with Gasteiger partial charge >= 0.3 is 5.51 Å². The normalized spacial score (nSPS) is 19.6. The van der Waals surface area contributed by atoms with Crippen LogP contribution in [0.4, 0.5) is 24.5 Å². The number of hydrogen-bond acceptors (Lipinski definition) is 3. The predicted molar refractivity (Wildman–Crippen MR) is 157 cm³/mol. The fraction of sp³-hybridized carbons (Fsp3) is 0.387. The first-order valence-corrected chi connectivity index (χ1v) is 15.1. The number of sulfone groups is 1. The Kier molecular flexibility index (Phi) is 7.69. The molecular formula is C31H35ClF3N2O2S+. The van der Waals surface area contributed by atoms with Gasteiger partial charge < -0.3 is 4.90 Å². The Balaban J connectivity index is 1.69. The summed E-state index contributed by atoms with van der Waals surface area (Å²) in [5, 5.41) is 0.488. The number of allylic oxidation sites excluding steroid dienone is 6. The Labute approximate surface area is 240 Å². The van der Waals surface area contributed by atoms with E-state index < -0.39 is 25.7 Å². The molecule has 40 heavy (non-hydrogen) atoms. The molecule has 9 heteroatoms. The van der Waals surface area contributed by atoms with E-state index in [4.69, 9.17) is 11.6 Å². The van der Waals surface area contributed by atoms with Gasteiger partial charge in [-0.2, -0.15) is 17.7 Å². The zero-order valence-corrected chi connectivity index (χ0v) is 25.4. The Morgan fingerprint density at radius 3 is 2.30 bits per heavy atom. The summed E-state index contributed by atoms with van der Waals surface area (Å²) in [7, 11) is -5.46. The molecule has 2 aliphatic heterocycles. The molecule has 2 heterocycles. The zero-order chi connectivity index (χ0) is 29.8. The molecule has 0 aliphatic carbocycles. The van der Waals surface area contributed by atoms with E-state index in [0.29, 0.717) is 22.8 Å². The minimum absolute atomic E-state index is 0.202. The topological polar surface area (TPSA) is 40.4 Å². The third-order valence-electron chi connectivity index (χ3n) is 7.96. The van der Waals surface area contributed by atoms with Gasteiger partial charge in [-0.3, -0.25) is 0 Å². The lowest BCUT2D eigenvalue weighted by Crippen LogP contribution is -2.27. The van der Waals surface area contributed by atoms with Crippen LogP contribution in [-0.4, -0.2) is 37.3 Å². The number of aryl methyl sites for hydroxylation is 1. The van der Waals surface area contributed by atoms with Crippen molar-refractivity contribution >= 4 is 38.5 Å². The monoisotopic (exact) mass is 591 g/mol. The molecule has 0 unspecified atom stereocenters. The number of hydrogen-bond donors (Lipinski definition) is 0. The quantitative estimate of drug-likeness (QED) is 0.252. The van der Waals surface area contributed by atoms with Crippen LogP contribution >= 0.6 is 11.6 Å². The van der Waals surface area contributed by atoms with Crippen LogP contribution in [0, 0.1) is 6.92 Å². The average Bonchev–Trinajstić information content (AvgIpc) is 3.22. The maximum atomic E-state index is 13.2. The highest BCUT2D eigenvalue weighted by Crippen LogP contribution is 2.49. The number of alkyl halides is 3. The van der Waals surface area contributed by atoms with Crippen molar-refractivity contribution in [2.45, 2.75) is 69.7 Å². The van der Waals surface area contributed by atoms with Gasteiger partial charge in [0, 0.05) is 46.1 Å². The third kappa shape index (κ3) is 4.83. The molecule has 0 saturated heterocycles. The van der Waals surface area contributed by atoms with Crippen LogP contribution in [0.2, 0.25) is 0 Å². The molecule has 0 aromatic heterocycles. The first kappa shape index (κ1) is 30.1. The van der Waals surface area contributed by atoms with Crippen LogP contribution < -0.4 is 4.90 Å². The smallest absolute Gasteiger partial charge is 0.344 e. The van der Waals surface area contributed by atoms with Crippen molar-refractivity contribution in [2.75, 3.05) is 18.0 Å². The van der Waals surface area contributed by atoms with Gasteiger partial charge in [-0.25, -0.2) is 8.42 Å². The van der Waals surface area contributed by atoms with E-state index in [2.05, 4.69) is 50.5 Å². The molecule has 0 N–H and O–H groups in total. The van der Waals surface area contributed by atoms with Gasteiger partial charge in [-0.05, 0) is 82.7 Å². The van der Waals surface area contributed by atoms with Crippen molar-refractivity contribution in [3.8, 4) is 0 Å². The largest absolute Gasteiger partial charge is 0.501 e. The lowest BCUT2D eigenvalue weighted by Gasteiger charge is -2.25. The minimum atomic E-state index is -5.46. The first-order chi connectivity index (χ1) is 18.5. The van der Waals surface area contributed by atoms with Gasteiger partial charge in [0.05, 0.1) is 10.3 Å². The van der Waals surface area contributed by atoms with Gasteiger partial charge in [-0.15, -0.1) is 0 Å². The van der Waals surface area contributed by atoms with Gasteiger partial charge in [0.2, 0.25) is 5.69 Å². The number of fused-ring (bicyclic) bond motifs is 2. The summed E-state index contributed by atoms with van der Waals surface area (Å²) in [6.07, 6.45) is 7.52. The summed E-state index contributed by atoms with van der Waals surface area (Å²) in [6, 6.07) is 10.1. The van der Waals surface area contributed by atoms with E-state index in [0.717, 1.165) is 30.1 Å². The van der Waals surface area contributed by atoms with Crippen LogP contribution in [0.15, 0.2) is 76.3 Å².